The number of piperidine rings is 1. The quantitative estimate of drug-likeness (QED) is 0.836. The predicted molar refractivity (Wildman–Crippen MR) is 115 cm³/mol. The molecule has 1 saturated heterocycles. The number of hydrogen-bond donors (Lipinski definition) is 1. The first kappa shape index (κ1) is 21.2. The van der Waals surface area contributed by atoms with E-state index in [-0.39, 0.29) is 17.4 Å². The summed E-state index contributed by atoms with van der Waals surface area (Å²) in [6, 6.07) is 8.36. The second-order valence-electron chi connectivity index (χ2n) is 9.30. The van der Waals surface area contributed by atoms with Crippen LogP contribution in [0.1, 0.15) is 64.9 Å². The van der Waals surface area contributed by atoms with Gasteiger partial charge < -0.3 is 15.0 Å². The number of ether oxygens (including phenoxy) is 1. The number of carbonyl (C=O) groups excluding carboxylic acids is 1. The molecule has 4 heteroatoms. The van der Waals surface area contributed by atoms with E-state index < -0.39 is 0 Å². The van der Waals surface area contributed by atoms with Crippen LogP contribution in [0.15, 0.2) is 24.3 Å². The van der Waals surface area contributed by atoms with Crippen molar-refractivity contribution in [3.63, 3.8) is 0 Å². The Hall–Kier alpha value is -1.55. The van der Waals surface area contributed by atoms with Crippen molar-refractivity contribution in [1.29, 1.82) is 0 Å². The number of hydrogen-bond acceptors (Lipinski definition) is 3. The molecule has 3 rings (SSSR count). The average molecular weight is 387 g/mol. The summed E-state index contributed by atoms with van der Waals surface area (Å²) in [6.07, 6.45) is 7.47. The number of amides is 1. The molecule has 1 aromatic carbocycles. The molecule has 0 saturated carbocycles. The maximum Gasteiger partial charge on any atom is 0.226 e. The molecule has 0 radical (unpaired) electrons. The number of para-hydroxylation sites is 1. The number of fused-ring (bicyclic) bond motifs is 1. The number of benzene rings is 1. The van der Waals surface area contributed by atoms with Crippen molar-refractivity contribution in [2.75, 3.05) is 26.2 Å². The largest absolute Gasteiger partial charge is 0.491 e. The summed E-state index contributed by atoms with van der Waals surface area (Å²) in [7, 11) is 0. The highest BCUT2D eigenvalue weighted by Crippen LogP contribution is 2.38. The highest BCUT2D eigenvalue weighted by molar-refractivity contribution is 5.83. The third kappa shape index (κ3) is 5.50. The lowest BCUT2D eigenvalue weighted by Crippen LogP contribution is -2.51. The second-order valence-corrected chi connectivity index (χ2v) is 9.30. The molecule has 156 valence electrons. The number of aryl methyl sites for hydroxylation is 1. The summed E-state index contributed by atoms with van der Waals surface area (Å²) in [5.41, 5.74) is 1.10. The van der Waals surface area contributed by atoms with Crippen molar-refractivity contribution in [2.24, 2.45) is 11.3 Å². The van der Waals surface area contributed by atoms with Crippen LogP contribution in [0.4, 0.5) is 0 Å². The Morgan fingerprint density at radius 1 is 1.18 bits per heavy atom. The topological polar surface area (TPSA) is 41.6 Å². The highest BCUT2D eigenvalue weighted by atomic mass is 16.5. The van der Waals surface area contributed by atoms with E-state index in [1.807, 2.05) is 12.1 Å². The summed E-state index contributed by atoms with van der Waals surface area (Å²) in [5.74, 6) is 1.96. The van der Waals surface area contributed by atoms with Gasteiger partial charge in [0.05, 0.1) is 11.5 Å². The minimum absolute atomic E-state index is 0.0239. The molecule has 1 fully saturated rings. The van der Waals surface area contributed by atoms with Gasteiger partial charge in [-0.2, -0.15) is 0 Å². The van der Waals surface area contributed by atoms with Gasteiger partial charge in [0.1, 0.15) is 12.4 Å². The summed E-state index contributed by atoms with van der Waals surface area (Å²) in [6.45, 7) is 10.4. The normalized spacial score (nSPS) is 24.0. The van der Waals surface area contributed by atoms with Crippen LogP contribution in [0.2, 0.25) is 0 Å². The molecule has 0 bridgehead atoms. The molecular weight excluding hydrogens is 348 g/mol. The fourth-order valence-electron chi connectivity index (χ4n) is 4.50. The van der Waals surface area contributed by atoms with Crippen LogP contribution in [0.25, 0.3) is 0 Å². The van der Waals surface area contributed by atoms with Crippen LogP contribution in [-0.4, -0.2) is 43.1 Å². The van der Waals surface area contributed by atoms with Crippen LogP contribution in [0, 0.1) is 11.3 Å². The lowest BCUT2D eigenvalue weighted by Gasteiger charge is -2.41. The third-order valence-corrected chi connectivity index (χ3v) is 6.51. The van der Waals surface area contributed by atoms with Crippen LogP contribution in [0.3, 0.4) is 0 Å². The summed E-state index contributed by atoms with van der Waals surface area (Å²) >= 11 is 0. The van der Waals surface area contributed by atoms with Crippen molar-refractivity contribution in [3.05, 3.63) is 29.8 Å². The lowest BCUT2D eigenvalue weighted by molar-refractivity contribution is -0.135. The van der Waals surface area contributed by atoms with Gasteiger partial charge in [-0.05, 0) is 82.6 Å². The van der Waals surface area contributed by atoms with Gasteiger partial charge in [0.15, 0.2) is 0 Å². The van der Waals surface area contributed by atoms with E-state index in [2.05, 4.69) is 43.1 Å². The van der Waals surface area contributed by atoms with Crippen LogP contribution >= 0.6 is 0 Å². The van der Waals surface area contributed by atoms with E-state index in [1.54, 1.807) is 0 Å². The zero-order valence-corrected chi connectivity index (χ0v) is 18.0. The van der Waals surface area contributed by atoms with Gasteiger partial charge in [-0.25, -0.2) is 0 Å². The van der Waals surface area contributed by atoms with Gasteiger partial charge in [0, 0.05) is 0 Å². The van der Waals surface area contributed by atoms with E-state index >= 15 is 0 Å². The van der Waals surface area contributed by atoms with Crippen molar-refractivity contribution in [2.45, 2.75) is 71.8 Å². The molecule has 28 heavy (non-hydrogen) atoms. The summed E-state index contributed by atoms with van der Waals surface area (Å²) < 4.78 is 6.05. The molecular formula is C24H38N2O2. The fraction of sp³-hybridized carbons (Fsp3) is 0.708. The Labute approximate surface area is 171 Å². The molecule has 2 aliphatic rings. The van der Waals surface area contributed by atoms with E-state index in [4.69, 9.17) is 4.74 Å². The fourth-order valence-corrected chi connectivity index (χ4v) is 4.50. The zero-order chi connectivity index (χ0) is 20.0. The predicted octanol–water partition coefficient (Wildman–Crippen LogP) is 4.42. The standard InChI is InChI=1S/C24H38N2O2/c1-19(2)11-15-26-16-13-24(14-17-26)12-7-6-9-21-8-4-5-10-22(21)28-18-20(3)25-23(24)27/h4-5,8,10,19-20H,6-7,9,11-18H2,1-3H3,(H,25,27)/t20-/m0/s1. The zero-order valence-electron chi connectivity index (χ0n) is 18.0. The molecule has 1 amide bonds. The third-order valence-electron chi connectivity index (χ3n) is 6.51. The molecule has 1 aromatic rings. The minimum Gasteiger partial charge on any atom is -0.491 e. The van der Waals surface area contributed by atoms with Gasteiger partial charge in [-0.1, -0.05) is 38.5 Å². The SMILES string of the molecule is CC(C)CCN1CCC2(CCCCc3ccccc3OC[C@H](C)NC2=O)CC1. The Kier molecular flexibility index (Phi) is 7.39. The van der Waals surface area contributed by atoms with Gasteiger partial charge in [0.25, 0.3) is 0 Å². The van der Waals surface area contributed by atoms with Gasteiger partial charge >= 0.3 is 0 Å². The lowest BCUT2D eigenvalue weighted by atomic mass is 9.73. The Morgan fingerprint density at radius 2 is 1.93 bits per heavy atom. The number of rotatable bonds is 3. The van der Waals surface area contributed by atoms with Gasteiger partial charge in [-0.15, -0.1) is 0 Å². The maximum atomic E-state index is 13.3. The molecule has 0 unspecified atom stereocenters. The summed E-state index contributed by atoms with van der Waals surface area (Å²) in [4.78, 5) is 15.8. The molecule has 1 atom stereocenters. The molecule has 2 heterocycles. The number of likely N-dealkylation sites (tertiary alicyclic amines) is 1. The molecule has 0 aliphatic carbocycles. The first-order valence-corrected chi connectivity index (χ1v) is 11.2. The van der Waals surface area contributed by atoms with Gasteiger partial charge in [0.2, 0.25) is 5.91 Å². The minimum atomic E-state index is -0.193. The van der Waals surface area contributed by atoms with E-state index in [9.17, 15) is 4.79 Å². The molecule has 1 spiro atoms. The van der Waals surface area contributed by atoms with Crippen LogP contribution in [0.5, 0.6) is 5.75 Å². The Bertz CT molecular complexity index is 635. The van der Waals surface area contributed by atoms with Gasteiger partial charge in [-0.3, -0.25) is 4.79 Å². The maximum absolute atomic E-state index is 13.3. The average Bonchev–Trinajstić information content (AvgIpc) is 2.69. The van der Waals surface area contributed by atoms with E-state index in [0.717, 1.165) is 69.8 Å². The monoisotopic (exact) mass is 386 g/mol. The molecule has 0 aromatic heterocycles. The van der Waals surface area contributed by atoms with Crippen molar-refractivity contribution in [3.8, 4) is 5.75 Å². The van der Waals surface area contributed by atoms with Crippen LogP contribution < -0.4 is 10.1 Å². The smallest absolute Gasteiger partial charge is 0.226 e. The number of nitrogens with one attached hydrogen (secondary N) is 1. The molecule has 2 aliphatic heterocycles. The Morgan fingerprint density at radius 3 is 2.68 bits per heavy atom. The van der Waals surface area contributed by atoms with E-state index in [0.29, 0.717) is 6.61 Å². The number of nitrogens with zero attached hydrogens (tertiary/aromatic N) is 1. The molecule has 4 nitrogen and oxygen atoms in total. The molecule has 1 N–H and O–H groups in total. The van der Waals surface area contributed by atoms with Crippen LogP contribution in [-0.2, 0) is 11.2 Å². The second kappa shape index (κ2) is 9.78. The first-order chi connectivity index (χ1) is 13.5. The number of carbonyl (C=O) groups is 1. The highest BCUT2D eigenvalue weighted by Gasteiger charge is 2.41. The van der Waals surface area contributed by atoms with Crippen molar-refractivity contribution >= 4 is 5.91 Å². The first-order valence-electron chi connectivity index (χ1n) is 11.2. The summed E-state index contributed by atoms with van der Waals surface area (Å²) in [5, 5.41) is 3.27. The van der Waals surface area contributed by atoms with Crippen molar-refractivity contribution < 1.29 is 9.53 Å². The Balaban J connectivity index is 1.66. The van der Waals surface area contributed by atoms with E-state index in [1.165, 1.54) is 12.0 Å². The van der Waals surface area contributed by atoms with Crippen molar-refractivity contribution in [1.82, 2.24) is 10.2 Å².